The zero-order valence-electron chi connectivity index (χ0n) is 14.2. The van der Waals surface area contributed by atoms with E-state index in [4.69, 9.17) is 10.5 Å². The highest BCUT2D eigenvalue weighted by Crippen LogP contribution is 2.13. The minimum absolute atomic E-state index is 0. The van der Waals surface area contributed by atoms with E-state index in [0.717, 1.165) is 24.2 Å². The molecule has 2 rings (SSSR count). The Morgan fingerprint density at radius 2 is 1.79 bits per heavy atom. The van der Waals surface area contributed by atoms with Gasteiger partial charge in [0.25, 0.3) is 5.91 Å². The summed E-state index contributed by atoms with van der Waals surface area (Å²) in [5.74, 6) is 0.810. The molecule has 3 N–H and O–H groups in total. The molecule has 0 aliphatic heterocycles. The molecule has 0 aliphatic carbocycles. The van der Waals surface area contributed by atoms with Crippen LogP contribution in [0.3, 0.4) is 0 Å². The second-order valence-corrected chi connectivity index (χ2v) is 5.70. The van der Waals surface area contributed by atoms with Crippen LogP contribution in [-0.2, 0) is 0 Å². The molecule has 0 radical (unpaired) electrons. The summed E-state index contributed by atoms with van der Waals surface area (Å²) < 4.78 is 5.66. The molecule has 0 heterocycles. The van der Waals surface area contributed by atoms with Crippen molar-refractivity contribution in [1.82, 2.24) is 5.32 Å². The lowest BCUT2D eigenvalue weighted by molar-refractivity contribution is 0.0951. The molecule has 0 bridgehead atoms. The summed E-state index contributed by atoms with van der Waals surface area (Å²) in [6, 6.07) is 13.4. The molecule has 24 heavy (non-hydrogen) atoms. The molecule has 4 nitrogen and oxygen atoms in total. The minimum atomic E-state index is -0.0748. The van der Waals surface area contributed by atoms with E-state index in [1.807, 2.05) is 37.3 Å². The van der Waals surface area contributed by atoms with Crippen LogP contribution < -0.4 is 15.8 Å². The molecule has 0 saturated heterocycles. The lowest BCUT2D eigenvalue weighted by Crippen LogP contribution is -2.25. The molecule has 5 heteroatoms. The molecule has 2 aromatic rings. The number of carbonyl (C=O) groups excluding carboxylic acids is 1. The van der Waals surface area contributed by atoms with Gasteiger partial charge >= 0.3 is 0 Å². The predicted molar refractivity (Wildman–Crippen MR) is 101 cm³/mol. The molecule has 0 spiro atoms. The summed E-state index contributed by atoms with van der Waals surface area (Å²) >= 11 is 0. The number of halogens is 1. The van der Waals surface area contributed by atoms with Crippen molar-refractivity contribution >= 4 is 24.0 Å². The van der Waals surface area contributed by atoms with Gasteiger partial charge in [-0.05, 0) is 56.5 Å². The van der Waals surface area contributed by atoms with Gasteiger partial charge in [-0.3, -0.25) is 4.79 Å². The Morgan fingerprint density at radius 1 is 1.08 bits per heavy atom. The summed E-state index contributed by atoms with van der Waals surface area (Å²) in [5, 5.41) is 2.92. The van der Waals surface area contributed by atoms with E-state index in [2.05, 4.69) is 12.2 Å². The van der Waals surface area contributed by atoms with Crippen LogP contribution in [0.15, 0.2) is 42.5 Å². The van der Waals surface area contributed by atoms with Gasteiger partial charge in [-0.25, -0.2) is 0 Å². The monoisotopic (exact) mass is 348 g/mol. The van der Waals surface area contributed by atoms with E-state index in [1.165, 1.54) is 5.56 Å². The standard InChI is InChI=1S/C19H24N2O2.ClH/c1-14-5-9-17(10-6-14)23-12-4-3-11-21-19(22)18-13-16(20)8-7-15(18)2;/h5-10,13H,3-4,11-12,20H2,1-2H3,(H,21,22);1H. The highest BCUT2D eigenvalue weighted by atomic mass is 35.5. The summed E-state index contributed by atoms with van der Waals surface area (Å²) in [7, 11) is 0. The number of nitrogen functional groups attached to an aromatic ring is 1. The highest BCUT2D eigenvalue weighted by molar-refractivity contribution is 5.96. The van der Waals surface area contributed by atoms with Crippen LogP contribution in [0.1, 0.15) is 34.3 Å². The molecule has 1 amide bonds. The van der Waals surface area contributed by atoms with Crippen molar-refractivity contribution in [2.75, 3.05) is 18.9 Å². The Bertz CT molecular complexity index is 657. The van der Waals surface area contributed by atoms with Crippen LogP contribution in [-0.4, -0.2) is 19.1 Å². The number of nitrogens with two attached hydrogens (primary N) is 1. The van der Waals surface area contributed by atoms with E-state index < -0.39 is 0 Å². The van der Waals surface area contributed by atoms with E-state index in [9.17, 15) is 4.79 Å². The fourth-order valence-electron chi connectivity index (χ4n) is 2.23. The van der Waals surface area contributed by atoms with Crippen LogP contribution in [0, 0.1) is 13.8 Å². The lowest BCUT2D eigenvalue weighted by Gasteiger charge is -2.09. The smallest absolute Gasteiger partial charge is 0.251 e. The number of unbranched alkanes of at least 4 members (excludes halogenated alkanes) is 1. The van der Waals surface area contributed by atoms with Crippen LogP contribution in [0.4, 0.5) is 5.69 Å². The van der Waals surface area contributed by atoms with Crippen LogP contribution >= 0.6 is 12.4 Å². The number of hydrogen-bond donors (Lipinski definition) is 2. The zero-order chi connectivity index (χ0) is 16.7. The topological polar surface area (TPSA) is 64.3 Å². The first kappa shape index (κ1) is 19.8. The summed E-state index contributed by atoms with van der Waals surface area (Å²) in [6.45, 7) is 5.23. The van der Waals surface area contributed by atoms with Gasteiger partial charge < -0.3 is 15.8 Å². The third-order valence-corrected chi connectivity index (χ3v) is 3.65. The second kappa shape index (κ2) is 9.83. The Kier molecular flexibility index (Phi) is 8.13. The molecular weight excluding hydrogens is 324 g/mol. The first-order valence-electron chi connectivity index (χ1n) is 7.90. The summed E-state index contributed by atoms with van der Waals surface area (Å²) in [5.41, 5.74) is 9.12. The third kappa shape index (κ3) is 6.13. The largest absolute Gasteiger partial charge is 0.494 e. The second-order valence-electron chi connectivity index (χ2n) is 5.70. The van der Waals surface area contributed by atoms with Crippen molar-refractivity contribution in [2.24, 2.45) is 0 Å². The van der Waals surface area contributed by atoms with E-state index in [0.29, 0.717) is 24.4 Å². The SMILES string of the molecule is Cc1ccc(OCCCCNC(=O)c2cc(N)ccc2C)cc1.Cl. The predicted octanol–water partition coefficient (Wildman–Crippen LogP) is 3.90. The van der Waals surface area contributed by atoms with Crippen molar-refractivity contribution in [3.63, 3.8) is 0 Å². The van der Waals surface area contributed by atoms with Gasteiger partial charge in [0.1, 0.15) is 5.75 Å². The Hall–Kier alpha value is -2.20. The fraction of sp³-hybridized carbons (Fsp3) is 0.316. The first-order chi connectivity index (χ1) is 11.1. The Balaban J connectivity index is 0.00000288. The number of rotatable bonds is 7. The zero-order valence-corrected chi connectivity index (χ0v) is 15.0. The van der Waals surface area contributed by atoms with Gasteiger partial charge in [0.15, 0.2) is 0 Å². The minimum Gasteiger partial charge on any atom is -0.494 e. The molecule has 0 atom stereocenters. The van der Waals surface area contributed by atoms with Crippen molar-refractivity contribution in [3.8, 4) is 5.75 Å². The fourth-order valence-corrected chi connectivity index (χ4v) is 2.23. The molecule has 0 aromatic heterocycles. The maximum atomic E-state index is 12.1. The molecule has 0 saturated carbocycles. The van der Waals surface area contributed by atoms with Gasteiger partial charge in [-0.2, -0.15) is 0 Å². The van der Waals surface area contributed by atoms with Crippen LogP contribution in [0.2, 0.25) is 0 Å². The van der Waals surface area contributed by atoms with Gasteiger partial charge in [-0.1, -0.05) is 23.8 Å². The normalized spacial score (nSPS) is 9.92. The number of benzene rings is 2. The van der Waals surface area contributed by atoms with Crippen molar-refractivity contribution in [2.45, 2.75) is 26.7 Å². The summed E-state index contributed by atoms with van der Waals surface area (Å²) in [4.78, 5) is 12.1. The average Bonchev–Trinajstić information content (AvgIpc) is 2.54. The lowest BCUT2D eigenvalue weighted by atomic mass is 10.1. The first-order valence-corrected chi connectivity index (χ1v) is 7.90. The molecule has 130 valence electrons. The number of anilines is 1. The molecule has 0 unspecified atom stereocenters. The van der Waals surface area contributed by atoms with Crippen molar-refractivity contribution in [3.05, 3.63) is 59.2 Å². The molecular formula is C19H25ClN2O2. The van der Waals surface area contributed by atoms with Gasteiger partial charge in [0.2, 0.25) is 0 Å². The molecule has 0 fully saturated rings. The average molecular weight is 349 g/mol. The third-order valence-electron chi connectivity index (χ3n) is 3.65. The molecule has 0 aliphatic rings. The highest BCUT2D eigenvalue weighted by Gasteiger charge is 2.08. The quantitative estimate of drug-likeness (QED) is 0.589. The molecule has 2 aromatic carbocycles. The van der Waals surface area contributed by atoms with Gasteiger partial charge in [0.05, 0.1) is 6.61 Å². The van der Waals surface area contributed by atoms with Crippen molar-refractivity contribution in [1.29, 1.82) is 0 Å². The number of aryl methyl sites for hydroxylation is 2. The summed E-state index contributed by atoms with van der Waals surface area (Å²) in [6.07, 6.45) is 1.77. The van der Waals surface area contributed by atoms with E-state index in [1.54, 1.807) is 12.1 Å². The number of carbonyl (C=O) groups is 1. The Morgan fingerprint density at radius 3 is 2.50 bits per heavy atom. The number of amides is 1. The number of nitrogens with one attached hydrogen (secondary N) is 1. The number of ether oxygens (including phenoxy) is 1. The van der Waals surface area contributed by atoms with E-state index in [-0.39, 0.29) is 18.3 Å². The number of hydrogen-bond acceptors (Lipinski definition) is 3. The van der Waals surface area contributed by atoms with Crippen LogP contribution in [0.5, 0.6) is 5.75 Å². The Labute approximate surface area is 149 Å². The van der Waals surface area contributed by atoms with E-state index >= 15 is 0 Å². The van der Waals surface area contributed by atoms with Gasteiger partial charge in [0, 0.05) is 17.8 Å². The van der Waals surface area contributed by atoms with Crippen molar-refractivity contribution < 1.29 is 9.53 Å². The maximum absolute atomic E-state index is 12.1. The maximum Gasteiger partial charge on any atom is 0.251 e. The van der Waals surface area contributed by atoms with Crippen LogP contribution in [0.25, 0.3) is 0 Å². The van der Waals surface area contributed by atoms with Gasteiger partial charge in [-0.15, -0.1) is 12.4 Å².